The Morgan fingerprint density at radius 1 is 1.47 bits per heavy atom. The number of hydrogen-bond donors (Lipinski definition) is 2. The number of nitrogens with zero attached hydrogens (tertiary/aromatic N) is 1. The SMILES string of the molecule is COc1ccc(NC(=O)CN2CCNCC2C)cc1. The zero-order valence-electron chi connectivity index (χ0n) is 11.5. The number of hydrogen-bond acceptors (Lipinski definition) is 4. The maximum Gasteiger partial charge on any atom is 0.238 e. The third-order valence-electron chi connectivity index (χ3n) is 3.36. The van der Waals surface area contributed by atoms with Crippen molar-refractivity contribution in [3.8, 4) is 5.75 Å². The van der Waals surface area contributed by atoms with Crippen LogP contribution in [-0.4, -0.2) is 50.1 Å². The van der Waals surface area contributed by atoms with Gasteiger partial charge in [0.05, 0.1) is 13.7 Å². The molecule has 0 aromatic heterocycles. The summed E-state index contributed by atoms with van der Waals surface area (Å²) in [4.78, 5) is 14.2. The Morgan fingerprint density at radius 2 is 2.21 bits per heavy atom. The fourth-order valence-corrected chi connectivity index (χ4v) is 2.18. The minimum Gasteiger partial charge on any atom is -0.497 e. The van der Waals surface area contributed by atoms with Gasteiger partial charge in [-0.15, -0.1) is 0 Å². The van der Waals surface area contributed by atoms with Gasteiger partial charge in [-0.1, -0.05) is 0 Å². The maximum atomic E-state index is 12.0. The van der Waals surface area contributed by atoms with Gasteiger partial charge in [0.1, 0.15) is 5.75 Å². The quantitative estimate of drug-likeness (QED) is 0.848. The van der Waals surface area contributed by atoms with Crippen molar-refractivity contribution in [3.63, 3.8) is 0 Å². The van der Waals surface area contributed by atoms with E-state index in [2.05, 4.69) is 22.5 Å². The summed E-state index contributed by atoms with van der Waals surface area (Å²) in [5.74, 6) is 0.813. The van der Waals surface area contributed by atoms with Gasteiger partial charge >= 0.3 is 0 Å². The number of anilines is 1. The fraction of sp³-hybridized carbons (Fsp3) is 0.500. The minimum absolute atomic E-state index is 0.0268. The van der Waals surface area contributed by atoms with Gasteiger partial charge in [-0.2, -0.15) is 0 Å². The van der Waals surface area contributed by atoms with Crippen molar-refractivity contribution in [1.82, 2.24) is 10.2 Å². The molecule has 1 heterocycles. The zero-order chi connectivity index (χ0) is 13.7. The normalized spacial score (nSPS) is 20.0. The van der Waals surface area contributed by atoms with E-state index in [0.717, 1.165) is 31.1 Å². The van der Waals surface area contributed by atoms with Crippen molar-refractivity contribution in [2.75, 3.05) is 38.6 Å². The van der Waals surface area contributed by atoms with Gasteiger partial charge in [-0.3, -0.25) is 9.69 Å². The van der Waals surface area contributed by atoms with Crippen LogP contribution in [0.2, 0.25) is 0 Å². The van der Waals surface area contributed by atoms with E-state index in [1.54, 1.807) is 7.11 Å². The van der Waals surface area contributed by atoms with E-state index in [9.17, 15) is 4.79 Å². The lowest BCUT2D eigenvalue weighted by molar-refractivity contribution is -0.118. The molecule has 19 heavy (non-hydrogen) atoms. The highest BCUT2D eigenvalue weighted by atomic mass is 16.5. The first-order chi connectivity index (χ1) is 9.19. The number of carbonyl (C=O) groups excluding carboxylic acids is 1. The topological polar surface area (TPSA) is 53.6 Å². The van der Waals surface area contributed by atoms with Crippen LogP contribution in [0.3, 0.4) is 0 Å². The van der Waals surface area contributed by atoms with Crippen LogP contribution < -0.4 is 15.4 Å². The molecule has 1 aliphatic rings. The van der Waals surface area contributed by atoms with Gasteiger partial charge in [0.2, 0.25) is 5.91 Å². The lowest BCUT2D eigenvalue weighted by atomic mass is 10.2. The molecule has 1 amide bonds. The van der Waals surface area contributed by atoms with E-state index >= 15 is 0 Å². The number of ether oxygens (including phenoxy) is 1. The number of benzene rings is 1. The molecule has 5 nitrogen and oxygen atoms in total. The van der Waals surface area contributed by atoms with Gasteiger partial charge < -0.3 is 15.4 Å². The Kier molecular flexibility index (Phi) is 4.76. The molecule has 0 bridgehead atoms. The van der Waals surface area contributed by atoms with Crippen LogP contribution in [-0.2, 0) is 4.79 Å². The number of amides is 1. The highest BCUT2D eigenvalue weighted by molar-refractivity contribution is 5.92. The summed E-state index contributed by atoms with van der Waals surface area (Å²) in [7, 11) is 1.62. The number of rotatable bonds is 4. The zero-order valence-corrected chi connectivity index (χ0v) is 11.5. The molecule has 2 rings (SSSR count). The van der Waals surface area contributed by atoms with Crippen LogP contribution in [0.25, 0.3) is 0 Å². The molecule has 1 aromatic rings. The highest BCUT2D eigenvalue weighted by Crippen LogP contribution is 2.15. The second-order valence-electron chi connectivity index (χ2n) is 4.80. The van der Waals surface area contributed by atoms with Gasteiger partial charge in [-0.05, 0) is 31.2 Å². The first-order valence-electron chi connectivity index (χ1n) is 6.57. The first kappa shape index (κ1) is 13.8. The van der Waals surface area contributed by atoms with E-state index < -0.39 is 0 Å². The molecule has 1 atom stereocenters. The summed E-state index contributed by atoms with van der Waals surface area (Å²) in [5, 5.41) is 6.22. The fourth-order valence-electron chi connectivity index (χ4n) is 2.18. The predicted molar refractivity (Wildman–Crippen MR) is 75.5 cm³/mol. The average Bonchev–Trinajstić information content (AvgIpc) is 2.42. The Bertz CT molecular complexity index is 419. The van der Waals surface area contributed by atoms with E-state index in [4.69, 9.17) is 4.74 Å². The summed E-state index contributed by atoms with van der Waals surface area (Å²) < 4.78 is 5.08. The second kappa shape index (κ2) is 6.54. The molecule has 1 fully saturated rings. The molecule has 104 valence electrons. The van der Waals surface area contributed by atoms with E-state index in [1.807, 2.05) is 24.3 Å². The van der Waals surface area contributed by atoms with Crippen molar-refractivity contribution in [2.45, 2.75) is 13.0 Å². The minimum atomic E-state index is 0.0268. The number of carbonyl (C=O) groups is 1. The molecule has 0 radical (unpaired) electrons. The molecule has 0 saturated carbocycles. The second-order valence-corrected chi connectivity index (χ2v) is 4.80. The molecule has 1 aliphatic heterocycles. The van der Waals surface area contributed by atoms with Crippen LogP contribution >= 0.6 is 0 Å². The van der Waals surface area contributed by atoms with Gasteiger partial charge in [0.15, 0.2) is 0 Å². The van der Waals surface area contributed by atoms with Gasteiger partial charge in [0, 0.05) is 31.4 Å². The molecule has 0 aliphatic carbocycles. The number of nitrogens with one attached hydrogen (secondary N) is 2. The monoisotopic (exact) mass is 263 g/mol. The molecule has 1 saturated heterocycles. The summed E-state index contributed by atoms with van der Waals surface area (Å²) in [5.41, 5.74) is 0.800. The predicted octanol–water partition coefficient (Wildman–Crippen LogP) is 0.927. The smallest absolute Gasteiger partial charge is 0.238 e. The largest absolute Gasteiger partial charge is 0.497 e. The van der Waals surface area contributed by atoms with Crippen molar-refractivity contribution in [3.05, 3.63) is 24.3 Å². The molecule has 1 aromatic carbocycles. The van der Waals surface area contributed by atoms with Crippen LogP contribution in [0.1, 0.15) is 6.92 Å². The molecular weight excluding hydrogens is 242 g/mol. The Labute approximate surface area is 113 Å². The molecular formula is C14H21N3O2. The van der Waals surface area contributed by atoms with Gasteiger partial charge in [0.25, 0.3) is 0 Å². The summed E-state index contributed by atoms with van der Waals surface area (Å²) >= 11 is 0. The maximum absolute atomic E-state index is 12.0. The molecule has 2 N–H and O–H groups in total. The number of piperazine rings is 1. The lowest BCUT2D eigenvalue weighted by Crippen LogP contribution is -2.51. The third-order valence-corrected chi connectivity index (χ3v) is 3.36. The highest BCUT2D eigenvalue weighted by Gasteiger charge is 2.20. The van der Waals surface area contributed by atoms with Crippen molar-refractivity contribution >= 4 is 11.6 Å². The standard InChI is InChI=1S/C14H21N3O2/c1-11-9-15-7-8-17(11)10-14(18)16-12-3-5-13(19-2)6-4-12/h3-6,11,15H,7-10H2,1-2H3,(H,16,18). The first-order valence-corrected chi connectivity index (χ1v) is 6.57. The Morgan fingerprint density at radius 3 is 2.84 bits per heavy atom. The summed E-state index contributed by atoms with van der Waals surface area (Å²) in [6.45, 7) is 5.37. The molecule has 5 heteroatoms. The average molecular weight is 263 g/mol. The van der Waals surface area contributed by atoms with Crippen molar-refractivity contribution in [2.24, 2.45) is 0 Å². The van der Waals surface area contributed by atoms with Crippen molar-refractivity contribution < 1.29 is 9.53 Å². The summed E-state index contributed by atoms with van der Waals surface area (Å²) in [6.07, 6.45) is 0. The lowest BCUT2D eigenvalue weighted by Gasteiger charge is -2.33. The van der Waals surface area contributed by atoms with E-state index in [1.165, 1.54) is 0 Å². The van der Waals surface area contributed by atoms with Crippen LogP contribution in [0, 0.1) is 0 Å². The van der Waals surface area contributed by atoms with Crippen LogP contribution in [0.15, 0.2) is 24.3 Å². The van der Waals surface area contributed by atoms with Crippen LogP contribution in [0.4, 0.5) is 5.69 Å². The van der Waals surface area contributed by atoms with Crippen molar-refractivity contribution in [1.29, 1.82) is 0 Å². The van der Waals surface area contributed by atoms with Gasteiger partial charge in [-0.25, -0.2) is 0 Å². The Hall–Kier alpha value is -1.59. The number of methoxy groups -OCH3 is 1. The summed E-state index contributed by atoms with van der Waals surface area (Å²) in [6, 6.07) is 7.76. The van der Waals surface area contributed by atoms with Crippen LogP contribution in [0.5, 0.6) is 5.75 Å². The van der Waals surface area contributed by atoms with E-state index in [-0.39, 0.29) is 5.91 Å². The molecule has 0 spiro atoms. The van der Waals surface area contributed by atoms with E-state index in [0.29, 0.717) is 12.6 Å². The third kappa shape index (κ3) is 3.94. The molecule has 1 unspecified atom stereocenters. The Balaban J connectivity index is 1.86.